The maximum atomic E-state index is 13.8. The molecule has 0 saturated carbocycles. The molecule has 286 valence electrons. The molecule has 3 rings (SSSR count). The average molecular weight is 706 g/mol. The lowest BCUT2D eigenvalue weighted by atomic mass is 9.71. The van der Waals surface area contributed by atoms with Crippen LogP contribution in [0.1, 0.15) is 175 Å². The highest BCUT2D eigenvalue weighted by molar-refractivity contribution is 5.97. The molecule has 0 aliphatic carbocycles. The van der Waals surface area contributed by atoms with Gasteiger partial charge in [-0.1, -0.05) is 95.2 Å². The fraction of sp³-hybridized carbons (Fsp3) is 0.689. The highest BCUT2D eigenvalue weighted by atomic mass is 16.5. The van der Waals surface area contributed by atoms with Gasteiger partial charge < -0.3 is 14.9 Å². The summed E-state index contributed by atoms with van der Waals surface area (Å²) in [5.41, 5.74) is 3.77. The quantitative estimate of drug-likeness (QED) is 0.179. The maximum Gasteiger partial charge on any atom is 0.165 e. The van der Waals surface area contributed by atoms with Crippen molar-refractivity contribution in [2.24, 2.45) is 5.92 Å². The molecular weight excluding hydrogens is 634 g/mol. The molecule has 0 aromatic heterocycles. The molecule has 0 bridgehead atoms. The van der Waals surface area contributed by atoms with Crippen LogP contribution in [-0.4, -0.2) is 57.5 Å². The van der Waals surface area contributed by atoms with Crippen LogP contribution in [0, 0.1) is 5.92 Å². The molecular formula is C45H71NO5. The van der Waals surface area contributed by atoms with Gasteiger partial charge in [0.05, 0.1) is 13.2 Å². The number of benzene rings is 2. The molecule has 0 spiro atoms. The number of likely N-dealkylation sites (tertiary alicyclic amines) is 1. The van der Waals surface area contributed by atoms with E-state index in [1.807, 2.05) is 12.1 Å². The van der Waals surface area contributed by atoms with E-state index in [9.17, 15) is 19.8 Å². The Balaban J connectivity index is 1.62. The number of hydrogen-bond donors (Lipinski definition) is 2. The van der Waals surface area contributed by atoms with Crippen molar-refractivity contribution in [1.82, 2.24) is 4.90 Å². The Bertz CT molecular complexity index is 1480. The van der Waals surface area contributed by atoms with E-state index >= 15 is 0 Å². The van der Waals surface area contributed by atoms with Crippen molar-refractivity contribution in [2.45, 2.75) is 176 Å². The number of aromatic hydroxyl groups is 2. The molecule has 1 aliphatic rings. The lowest BCUT2D eigenvalue weighted by Gasteiger charge is -2.55. The van der Waals surface area contributed by atoms with E-state index in [2.05, 4.69) is 128 Å². The zero-order chi connectivity index (χ0) is 39.1. The van der Waals surface area contributed by atoms with Crippen LogP contribution in [0.4, 0.5) is 0 Å². The second-order valence-electron chi connectivity index (χ2n) is 20.6. The summed E-state index contributed by atoms with van der Waals surface area (Å²) in [7, 11) is 0. The van der Waals surface area contributed by atoms with Crippen LogP contribution in [-0.2, 0) is 37.6 Å². The standard InChI is InChI=1S/C45H71NO5/c1-40(2,3)32-23-29(24-33(38(32)49)41(4,5)6)17-18-36(47)31-27-44(13,14)46(45(15,16)28-31)20-22-51-21-19-37(48)30-25-34(42(7,8)9)39(50)35(26-30)43(10,11)12/h23-26,31,49-50H,17-22,27-28H2,1-16H3. The first kappa shape index (κ1) is 42.7. The zero-order valence-electron chi connectivity index (χ0n) is 35.1. The van der Waals surface area contributed by atoms with Gasteiger partial charge in [0.15, 0.2) is 5.78 Å². The van der Waals surface area contributed by atoms with Crippen molar-refractivity contribution in [3.63, 3.8) is 0 Å². The largest absolute Gasteiger partial charge is 0.507 e. The van der Waals surface area contributed by atoms with E-state index < -0.39 is 0 Å². The zero-order valence-corrected chi connectivity index (χ0v) is 35.1. The van der Waals surface area contributed by atoms with Gasteiger partial charge in [0.2, 0.25) is 0 Å². The van der Waals surface area contributed by atoms with E-state index in [0.717, 1.165) is 47.2 Å². The highest BCUT2D eigenvalue weighted by Gasteiger charge is 2.46. The minimum atomic E-state index is -0.298. The molecule has 0 amide bonds. The fourth-order valence-corrected chi connectivity index (χ4v) is 8.11. The summed E-state index contributed by atoms with van der Waals surface area (Å²) in [6, 6.07) is 7.89. The number of ketones is 2. The van der Waals surface area contributed by atoms with Gasteiger partial charge in [0.1, 0.15) is 17.3 Å². The second kappa shape index (κ2) is 15.0. The molecule has 2 aromatic rings. The van der Waals surface area contributed by atoms with Crippen molar-refractivity contribution >= 4 is 11.6 Å². The molecule has 0 atom stereocenters. The van der Waals surface area contributed by atoms with E-state index in [-0.39, 0.29) is 56.6 Å². The third-order valence-electron chi connectivity index (χ3n) is 10.8. The van der Waals surface area contributed by atoms with E-state index in [4.69, 9.17) is 4.74 Å². The van der Waals surface area contributed by atoms with Gasteiger partial charge in [-0.15, -0.1) is 0 Å². The number of nitrogens with zero attached hydrogens (tertiary/aromatic N) is 1. The summed E-state index contributed by atoms with van der Waals surface area (Å²) < 4.78 is 6.07. The van der Waals surface area contributed by atoms with Crippen molar-refractivity contribution in [2.75, 3.05) is 19.8 Å². The van der Waals surface area contributed by atoms with Crippen LogP contribution in [0.15, 0.2) is 24.3 Å². The molecule has 6 heteroatoms. The van der Waals surface area contributed by atoms with Crippen LogP contribution < -0.4 is 0 Å². The number of rotatable bonds is 11. The van der Waals surface area contributed by atoms with Gasteiger partial charge in [0, 0.05) is 53.1 Å². The number of Topliss-reactive ketones (excluding diaryl/α,β-unsaturated/α-hetero) is 2. The smallest absolute Gasteiger partial charge is 0.165 e. The average Bonchev–Trinajstić information content (AvgIpc) is 2.94. The number of phenolic OH excluding ortho intramolecular Hbond substituents is 2. The monoisotopic (exact) mass is 706 g/mol. The number of piperidine rings is 1. The third-order valence-corrected chi connectivity index (χ3v) is 10.8. The normalized spacial score (nSPS) is 17.5. The predicted octanol–water partition coefficient (Wildman–Crippen LogP) is 10.3. The van der Waals surface area contributed by atoms with Crippen molar-refractivity contribution < 1.29 is 24.5 Å². The van der Waals surface area contributed by atoms with Crippen molar-refractivity contribution in [3.8, 4) is 11.5 Å². The summed E-state index contributed by atoms with van der Waals surface area (Å²) in [6.45, 7) is 35.5. The predicted molar refractivity (Wildman–Crippen MR) is 212 cm³/mol. The number of carbonyl (C=O) groups is 2. The van der Waals surface area contributed by atoms with Crippen LogP contribution in [0.3, 0.4) is 0 Å². The number of ether oxygens (including phenoxy) is 1. The molecule has 6 nitrogen and oxygen atoms in total. The lowest BCUT2D eigenvalue weighted by Crippen LogP contribution is -2.62. The van der Waals surface area contributed by atoms with Gasteiger partial charge in [0.25, 0.3) is 0 Å². The highest BCUT2D eigenvalue weighted by Crippen LogP contribution is 2.44. The minimum absolute atomic E-state index is 0.0163. The van der Waals surface area contributed by atoms with Gasteiger partial charge in [-0.3, -0.25) is 14.5 Å². The van der Waals surface area contributed by atoms with Gasteiger partial charge >= 0.3 is 0 Å². The Labute approximate surface area is 310 Å². The van der Waals surface area contributed by atoms with E-state index in [1.165, 1.54) is 0 Å². The Morgan fingerprint density at radius 3 is 1.45 bits per heavy atom. The molecule has 1 fully saturated rings. The first-order chi connectivity index (χ1) is 23.0. The minimum Gasteiger partial charge on any atom is -0.507 e. The molecule has 2 aromatic carbocycles. The van der Waals surface area contributed by atoms with Crippen molar-refractivity contribution in [1.29, 1.82) is 0 Å². The Morgan fingerprint density at radius 2 is 1.06 bits per heavy atom. The lowest BCUT2D eigenvalue weighted by molar-refractivity contribution is -0.132. The summed E-state index contributed by atoms with van der Waals surface area (Å²) in [4.78, 5) is 29.6. The summed E-state index contributed by atoms with van der Waals surface area (Å²) in [5.74, 6) is 0.958. The first-order valence-corrected chi connectivity index (χ1v) is 19.1. The Kier molecular flexibility index (Phi) is 12.5. The maximum absolute atomic E-state index is 13.8. The van der Waals surface area contributed by atoms with Crippen LogP contribution in [0.2, 0.25) is 0 Å². The molecule has 2 N–H and O–H groups in total. The summed E-state index contributed by atoms with van der Waals surface area (Å²) in [5, 5.41) is 22.2. The number of carbonyl (C=O) groups excluding carboxylic acids is 2. The molecule has 1 saturated heterocycles. The number of aryl methyl sites for hydroxylation is 1. The molecule has 1 aliphatic heterocycles. The molecule has 0 unspecified atom stereocenters. The molecule has 0 radical (unpaired) electrons. The summed E-state index contributed by atoms with van der Waals surface area (Å²) in [6.07, 6.45) is 3.00. The van der Waals surface area contributed by atoms with Gasteiger partial charge in [-0.05, 0) is 97.4 Å². The Hall–Kier alpha value is -2.70. The summed E-state index contributed by atoms with van der Waals surface area (Å²) >= 11 is 0. The fourth-order valence-electron chi connectivity index (χ4n) is 8.11. The van der Waals surface area contributed by atoms with E-state index in [1.54, 1.807) is 0 Å². The van der Waals surface area contributed by atoms with Crippen LogP contribution >= 0.6 is 0 Å². The van der Waals surface area contributed by atoms with Gasteiger partial charge in [-0.25, -0.2) is 0 Å². The van der Waals surface area contributed by atoms with E-state index in [0.29, 0.717) is 43.2 Å². The second-order valence-corrected chi connectivity index (χ2v) is 20.6. The number of hydrogen-bond acceptors (Lipinski definition) is 6. The van der Waals surface area contributed by atoms with Crippen molar-refractivity contribution in [3.05, 3.63) is 57.6 Å². The SMILES string of the molecule is CC(C)(C)c1cc(CCC(=O)C2CC(C)(C)N(CCOCCC(=O)c3cc(C(C)(C)C)c(O)c(C(C)(C)C)c3)C(C)(C)C2)cc(C(C)(C)C)c1O. The topological polar surface area (TPSA) is 87.1 Å². The number of phenols is 2. The molecule has 51 heavy (non-hydrogen) atoms. The van der Waals surface area contributed by atoms with Crippen LogP contribution in [0.25, 0.3) is 0 Å². The Morgan fingerprint density at radius 1 is 0.667 bits per heavy atom. The van der Waals surface area contributed by atoms with Crippen LogP contribution in [0.5, 0.6) is 11.5 Å². The molecule has 1 heterocycles. The third kappa shape index (κ3) is 10.5. The van der Waals surface area contributed by atoms with Gasteiger partial charge in [-0.2, -0.15) is 0 Å². The first-order valence-electron chi connectivity index (χ1n) is 19.1.